The van der Waals surface area contributed by atoms with Gasteiger partial charge in [0, 0.05) is 23.1 Å². The van der Waals surface area contributed by atoms with Gasteiger partial charge in [0.25, 0.3) is 0 Å². The minimum Gasteiger partial charge on any atom is -0.508 e. The van der Waals surface area contributed by atoms with Crippen molar-refractivity contribution in [3.8, 4) is 46.0 Å². The topological polar surface area (TPSA) is 151 Å². The summed E-state index contributed by atoms with van der Waals surface area (Å²) in [6.45, 7) is 0. The zero-order valence-electron chi connectivity index (χ0n) is 18.5. The normalized spacial score (nSPS) is 16.8. The average Bonchev–Trinajstić information content (AvgIpc) is 3.20. The van der Waals surface area contributed by atoms with Crippen LogP contribution in [0.4, 0.5) is 0 Å². The molecule has 2 atom stereocenters. The Morgan fingerprint density at radius 1 is 0.528 bits per heavy atom. The monoisotopic (exact) mass is 484 g/mol. The maximum absolute atomic E-state index is 11.0. The summed E-state index contributed by atoms with van der Waals surface area (Å²) in [6, 6.07) is 16.3. The first-order valence-corrected chi connectivity index (χ1v) is 11.1. The third-order valence-corrected chi connectivity index (χ3v) is 6.67. The Hall–Kier alpha value is -4.98. The van der Waals surface area contributed by atoms with Crippen molar-refractivity contribution in [2.45, 2.75) is 12.0 Å². The lowest BCUT2D eigenvalue weighted by atomic mass is 9.82. The van der Waals surface area contributed by atoms with Crippen molar-refractivity contribution >= 4 is 21.5 Å². The van der Waals surface area contributed by atoms with Crippen molar-refractivity contribution in [3.63, 3.8) is 0 Å². The quantitative estimate of drug-likeness (QED) is 0.133. The summed E-state index contributed by atoms with van der Waals surface area (Å²) in [5.41, 5.74) is 1.69. The van der Waals surface area contributed by atoms with Crippen LogP contribution in [0.15, 0.2) is 66.7 Å². The summed E-state index contributed by atoms with van der Waals surface area (Å²) >= 11 is 0. The van der Waals surface area contributed by atoms with Gasteiger partial charge in [-0.05, 0) is 63.7 Å². The highest BCUT2D eigenvalue weighted by Crippen LogP contribution is 2.56. The molecule has 1 aliphatic rings. The first kappa shape index (κ1) is 21.5. The fourth-order valence-electron chi connectivity index (χ4n) is 5.15. The maximum atomic E-state index is 11.0. The van der Waals surface area contributed by atoms with E-state index in [1.54, 1.807) is 18.2 Å². The number of rotatable bonds is 2. The molecule has 0 radical (unpaired) electrons. The molecule has 0 spiro atoms. The van der Waals surface area contributed by atoms with E-state index >= 15 is 0 Å². The number of benzene rings is 5. The molecule has 7 N–H and O–H groups in total. The highest BCUT2D eigenvalue weighted by Gasteiger charge is 2.39. The standard InChI is InChI=1S/C28H20O8/c29-15-5-14(6-16(30)9-15)25-27-17-3-1-12-7-21(33)22(34)10-18(12)26(17)23(35)11-24(27)36-28(25)13-2-4-19(31)20(32)8-13/h1-11,25,28-35H/t25-,28+/m0/s1. The van der Waals surface area contributed by atoms with E-state index in [4.69, 9.17) is 4.74 Å². The van der Waals surface area contributed by atoms with Crippen LogP contribution in [-0.2, 0) is 0 Å². The Bertz CT molecular complexity index is 1690. The third kappa shape index (κ3) is 3.15. The Balaban J connectivity index is 1.68. The highest BCUT2D eigenvalue weighted by atomic mass is 16.5. The lowest BCUT2D eigenvalue weighted by Gasteiger charge is -2.21. The molecular formula is C28H20O8. The molecule has 1 heterocycles. The van der Waals surface area contributed by atoms with Crippen molar-refractivity contribution in [2.24, 2.45) is 0 Å². The number of hydrogen-bond acceptors (Lipinski definition) is 8. The van der Waals surface area contributed by atoms with E-state index in [1.807, 2.05) is 0 Å². The first-order valence-electron chi connectivity index (χ1n) is 11.1. The van der Waals surface area contributed by atoms with Gasteiger partial charge in [-0.15, -0.1) is 0 Å². The summed E-state index contributed by atoms with van der Waals surface area (Å²) in [5.74, 6) is -1.91. The van der Waals surface area contributed by atoms with E-state index in [0.717, 1.165) is 0 Å². The Kier molecular flexibility index (Phi) is 4.49. The van der Waals surface area contributed by atoms with Crippen LogP contribution in [-0.4, -0.2) is 35.7 Å². The zero-order valence-corrected chi connectivity index (χ0v) is 18.5. The van der Waals surface area contributed by atoms with Crippen molar-refractivity contribution in [2.75, 3.05) is 0 Å². The van der Waals surface area contributed by atoms with Crippen LogP contribution in [0.2, 0.25) is 0 Å². The van der Waals surface area contributed by atoms with E-state index in [9.17, 15) is 35.7 Å². The molecule has 5 aromatic rings. The number of fused-ring (bicyclic) bond motifs is 5. The second kappa shape index (κ2) is 7.51. The largest absolute Gasteiger partial charge is 0.508 e. The van der Waals surface area contributed by atoms with E-state index in [0.29, 0.717) is 44.0 Å². The molecule has 0 fully saturated rings. The predicted octanol–water partition coefficient (Wildman–Crippen LogP) is 5.20. The van der Waals surface area contributed by atoms with Crippen LogP contribution < -0.4 is 4.74 Å². The number of phenols is 7. The minimum absolute atomic E-state index is 0.105. The van der Waals surface area contributed by atoms with Gasteiger partial charge in [-0.25, -0.2) is 0 Å². The maximum Gasteiger partial charge on any atom is 0.158 e. The van der Waals surface area contributed by atoms with Crippen molar-refractivity contribution in [1.82, 2.24) is 0 Å². The summed E-state index contributed by atoms with van der Waals surface area (Å²) in [4.78, 5) is 0. The Morgan fingerprint density at radius 2 is 1.22 bits per heavy atom. The van der Waals surface area contributed by atoms with Gasteiger partial charge in [0.2, 0.25) is 0 Å². The summed E-state index contributed by atoms with van der Waals surface area (Å²) in [5, 5.41) is 73.6. The molecule has 1 aliphatic heterocycles. The Labute approximate surface area is 203 Å². The fraction of sp³-hybridized carbons (Fsp3) is 0.0714. The molecule has 0 unspecified atom stereocenters. The molecule has 36 heavy (non-hydrogen) atoms. The predicted molar refractivity (Wildman–Crippen MR) is 131 cm³/mol. The van der Waals surface area contributed by atoms with Crippen molar-refractivity contribution in [1.29, 1.82) is 0 Å². The van der Waals surface area contributed by atoms with E-state index in [2.05, 4.69) is 0 Å². The van der Waals surface area contributed by atoms with E-state index < -0.39 is 12.0 Å². The van der Waals surface area contributed by atoms with Crippen LogP contribution >= 0.6 is 0 Å². The lowest BCUT2D eigenvalue weighted by molar-refractivity contribution is 0.221. The van der Waals surface area contributed by atoms with Crippen LogP contribution in [0.3, 0.4) is 0 Å². The second-order valence-electron chi connectivity index (χ2n) is 8.90. The van der Waals surface area contributed by atoms with Gasteiger partial charge in [-0.1, -0.05) is 18.2 Å². The smallest absolute Gasteiger partial charge is 0.158 e. The van der Waals surface area contributed by atoms with E-state index in [1.165, 1.54) is 48.5 Å². The van der Waals surface area contributed by atoms with Gasteiger partial charge in [0.1, 0.15) is 29.1 Å². The lowest BCUT2D eigenvalue weighted by Crippen LogP contribution is -2.11. The molecule has 0 aromatic heterocycles. The first-order chi connectivity index (χ1) is 17.2. The average molecular weight is 484 g/mol. The number of ether oxygens (including phenoxy) is 1. The van der Waals surface area contributed by atoms with Gasteiger partial charge >= 0.3 is 0 Å². The number of phenolic OH excluding ortho intramolecular Hbond substituents is 7. The van der Waals surface area contributed by atoms with Crippen LogP contribution in [0.1, 0.15) is 28.7 Å². The number of hydrogen-bond donors (Lipinski definition) is 7. The summed E-state index contributed by atoms with van der Waals surface area (Å²) in [7, 11) is 0. The van der Waals surface area contributed by atoms with Gasteiger partial charge in [-0.2, -0.15) is 0 Å². The van der Waals surface area contributed by atoms with E-state index in [-0.39, 0.29) is 40.2 Å². The minimum atomic E-state index is -0.749. The summed E-state index contributed by atoms with van der Waals surface area (Å²) < 4.78 is 6.27. The van der Waals surface area contributed by atoms with Crippen LogP contribution in [0, 0.1) is 0 Å². The van der Waals surface area contributed by atoms with Gasteiger partial charge in [0.15, 0.2) is 23.0 Å². The molecule has 0 bridgehead atoms. The summed E-state index contributed by atoms with van der Waals surface area (Å²) in [6.07, 6.45) is -0.749. The molecule has 0 saturated carbocycles. The second-order valence-corrected chi connectivity index (χ2v) is 8.90. The number of aromatic hydroxyl groups is 7. The van der Waals surface area contributed by atoms with Crippen molar-refractivity contribution < 1.29 is 40.5 Å². The van der Waals surface area contributed by atoms with Gasteiger partial charge < -0.3 is 40.5 Å². The molecule has 0 saturated heterocycles. The van der Waals surface area contributed by atoms with Crippen molar-refractivity contribution in [3.05, 3.63) is 83.4 Å². The van der Waals surface area contributed by atoms with Gasteiger partial charge in [-0.3, -0.25) is 0 Å². The highest BCUT2D eigenvalue weighted by molar-refractivity contribution is 6.13. The molecule has 0 amide bonds. The van der Waals surface area contributed by atoms with Crippen LogP contribution in [0.25, 0.3) is 21.5 Å². The molecule has 8 nitrogen and oxygen atoms in total. The zero-order chi connectivity index (χ0) is 25.3. The van der Waals surface area contributed by atoms with Crippen LogP contribution in [0.5, 0.6) is 46.0 Å². The third-order valence-electron chi connectivity index (χ3n) is 6.67. The fourth-order valence-corrected chi connectivity index (χ4v) is 5.15. The molecule has 5 aromatic carbocycles. The Morgan fingerprint density at radius 3 is 1.94 bits per heavy atom. The van der Waals surface area contributed by atoms with Gasteiger partial charge in [0.05, 0.1) is 5.92 Å². The molecule has 6 rings (SSSR count). The molecular weight excluding hydrogens is 464 g/mol. The SMILES string of the molecule is Oc1cc(O)cc([C@H]2c3c(cc(O)c4c3ccc3cc(O)c(O)cc34)O[C@@H]2c2ccc(O)c(O)c2)c1. The molecule has 180 valence electrons. The molecule has 0 aliphatic carbocycles. The molecule has 8 heteroatoms.